The minimum Gasteiger partial charge on any atom is -0.508 e. The average Bonchev–Trinajstić information content (AvgIpc) is 3.01. The van der Waals surface area contributed by atoms with Gasteiger partial charge in [-0.05, 0) is 30.7 Å². The van der Waals surface area contributed by atoms with Gasteiger partial charge in [-0.1, -0.05) is 0 Å². The fraction of sp³-hybridized carbons (Fsp3) is 0.273. The topological polar surface area (TPSA) is 86.6 Å². The molecule has 1 aromatic carbocycles. The van der Waals surface area contributed by atoms with Crippen molar-refractivity contribution in [1.82, 2.24) is 0 Å². The van der Waals surface area contributed by atoms with Crippen LogP contribution in [-0.2, 0) is 9.59 Å². The third-order valence-electron chi connectivity index (χ3n) is 2.58. The average molecular weight is 221 g/mol. The predicted octanol–water partition coefficient (Wildman–Crippen LogP) is 1.05. The van der Waals surface area contributed by atoms with E-state index in [4.69, 9.17) is 10.2 Å². The third kappa shape index (κ3) is 2.13. The number of carboxylic acid groups (broad SMARTS) is 1. The zero-order valence-electron chi connectivity index (χ0n) is 8.38. The van der Waals surface area contributed by atoms with Gasteiger partial charge < -0.3 is 15.5 Å². The van der Waals surface area contributed by atoms with E-state index in [1.807, 2.05) is 0 Å². The zero-order chi connectivity index (χ0) is 11.7. The molecule has 1 amide bonds. The summed E-state index contributed by atoms with van der Waals surface area (Å²) < 4.78 is 0. The first-order valence-electron chi connectivity index (χ1n) is 4.90. The van der Waals surface area contributed by atoms with Gasteiger partial charge in [-0.2, -0.15) is 0 Å². The summed E-state index contributed by atoms with van der Waals surface area (Å²) in [6, 6.07) is 6.03. The van der Waals surface area contributed by atoms with Crippen molar-refractivity contribution >= 4 is 17.6 Å². The number of benzene rings is 1. The van der Waals surface area contributed by atoms with E-state index in [1.165, 1.54) is 12.1 Å². The van der Waals surface area contributed by atoms with Gasteiger partial charge in [-0.15, -0.1) is 0 Å². The lowest BCUT2D eigenvalue weighted by Crippen LogP contribution is -2.16. The highest BCUT2D eigenvalue weighted by molar-refractivity contribution is 5.98. The maximum atomic E-state index is 11.5. The number of carboxylic acids is 1. The second-order valence-corrected chi connectivity index (χ2v) is 3.82. The van der Waals surface area contributed by atoms with Crippen LogP contribution in [0.5, 0.6) is 5.75 Å². The van der Waals surface area contributed by atoms with Gasteiger partial charge >= 0.3 is 5.97 Å². The molecule has 0 bridgehead atoms. The number of carbonyl (C=O) groups excluding carboxylic acids is 1. The molecule has 1 aliphatic carbocycles. The van der Waals surface area contributed by atoms with Crippen LogP contribution in [0.15, 0.2) is 24.3 Å². The molecule has 3 N–H and O–H groups in total. The molecular weight excluding hydrogens is 210 g/mol. The SMILES string of the molecule is O=C(O)[C@H]1C[C@H]1C(=O)Nc1ccc(O)cc1. The number of hydrogen-bond donors (Lipinski definition) is 3. The number of amides is 1. The fourth-order valence-electron chi connectivity index (χ4n) is 1.54. The molecular formula is C11H11NO4. The van der Waals surface area contributed by atoms with Gasteiger partial charge in [0.2, 0.25) is 5.91 Å². The summed E-state index contributed by atoms with van der Waals surface area (Å²) in [6.07, 6.45) is 0.402. The number of hydrogen-bond acceptors (Lipinski definition) is 3. The second-order valence-electron chi connectivity index (χ2n) is 3.82. The molecule has 0 heterocycles. The van der Waals surface area contributed by atoms with Crippen molar-refractivity contribution in [1.29, 1.82) is 0 Å². The van der Waals surface area contributed by atoms with Crippen LogP contribution in [0.1, 0.15) is 6.42 Å². The molecule has 2 atom stereocenters. The van der Waals surface area contributed by atoms with E-state index >= 15 is 0 Å². The van der Waals surface area contributed by atoms with Crippen LogP contribution in [0, 0.1) is 11.8 Å². The van der Waals surface area contributed by atoms with Crippen molar-refractivity contribution in [3.63, 3.8) is 0 Å². The number of nitrogens with one attached hydrogen (secondary N) is 1. The molecule has 2 rings (SSSR count). The lowest BCUT2D eigenvalue weighted by atomic mass is 10.2. The summed E-state index contributed by atoms with van der Waals surface area (Å²) in [5.41, 5.74) is 0.554. The molecule has 0 spiro atoms. The van der Waals surface area contributed by atoms with Crippen molar-refractivity contribution in [2.24, 2.45) is 11.8 Å². The Morgan fingerprint density at radius 1 is 1.19 bits per heavy atom. The van der Waals surface area contributed by atoms with Crippen LogP contribution < -0.4 is 5.32 Å². The van der Waals surface area contributed by atoms with Crippen LogP contribution >= 0.6 is 0 Å². The molecule has 1 aromatic rings. The fourth-order valence-corrected chi connectivity index (χ4v) is 1.54. The van der Waals surface area contributed by atoms with Crippen LogP contribution in [-0.4, -0.2) is 22.1 Å². The van der Waals surface area contributed by atoms with E-state index in [0.29, 0.717) is 12.1 Å². The van der Waals surface area contributed by atoms with E-state index in [1.54, 1.807) is 12.1 Å². The van der Waals surface area contributed by atoms with E-state index in [0.717, 1.165) is 0 Å². The highest BCUT2D eigenvalue weighted by Crippen LogP contribution is 2.39. The number of aliphatic carboxylic acids is 1. The van der Waals surface area contributed by atoms with Gasteiger partial charge in [-0.25, -0.2) is 0 Å². The Morgan fingerprint density at radius 2 is 1.81 bits per heavy atom. The number of anilines is 1. The monoisotopic (exact) mass is 221 g/mol. The van der Waals surface area contributed by atoms with Gasteiger partial charge in [0.1, 0.15) is 5.75 Å². The summed E-state index contributed by atoms with van der Waals surface area (Å²) in [5, 5.41) is 20.3. The van der Waals surface area contributed by atoms with Crippen molar-refractivity contribution in [2.45, 2.75) is 6.42 Å². The van der Waals surface area contributed by atoms with Crippen molar-refractivity contribution in [3.05, 3.63) is 24.3 Å². The van der Waals surface area contributed by atoms with Crippen LogP contribution in [0.3, 0.4) is 0 Å². The molecule has 5 heteroatoms. The lowest BCUT2D eigenvalue weighted by Gasteiger charge is -2.03. The molecule has 1 fully saturated rings. The van der Waals surface area contributed by atoms with E-state index in [-0.39, 0.29) is 11.7 Å². The standard InChI is InChI=1S/C11H11NO4/c13-7-3-1-6(2-4-7)12-10(14)8-5-9(8)11(15)16/h1-4,8-9,13H,5H2,(H,12,14)(H,15,16)/t8-,9+/m1/s1. The summed E-state index contributed by atoms with van der Waals surface area (Å²) in [5.74, 6) is -2.06. The van der Waals surface area contributed by atoms with Crippen LogP contribution in [0.2, 0.25) is 0 Å². The van der Waals surface area contributed by atoms with Crippen molar-refractivity contribution in [3.8, 4) is 5.75 Å². The molecule has 0 saturated heterocycles. The highest BCUT2D eigenvalue weighted by Gasteiger charge is 2.48. The molecule has 5 nitrogen and oxygen atoms in total. The number of rotatable bonds is 3. The maximum Gasteiger partial charge on any atom is 0.307 e. The van der Waals surface area contributed by atoms with Gasteiger partial charge in [-0.3, -0.25) is 9.59 Å². The first-order chi connectivity index (χ1) is 7.58. The third-order valence-corrected chi connectivity index (χ3v) is 2.58. The largest absolute Gasteiger partial charge is 0.508 e. The highest BCUT2D eigenvalue weighted by atomic mass is 16.4. The van der Waals surface area contributed by atoms with Crippen LogP contribution in [0.25, 0.3) is 0 Å². The Balaban J connectivity index is 1.94. The van der Waals surface area contributed by atoms with Crippen molar-refractivity contribution < 1.29 is 19.8 Å². The second kappa shape index (κ2) is 3.84. The normalized spacial score (nSPS) is 22.5. The first-order valence-corrected chi connectivity index (χ1v) is 4.90. The molecule has 1 aliphatic rings. The quantitative estimate of drug-likeness (QED) is 0.666. The summed E-state index contributed by atoms with van der Waals surface area (Å²) in [7, 11) is 0. The Hall–Kier alpha value is -2.04. The van der Waals surface area contributed by atoms with E-state index in [2.05, 4.69) is 5.32 Å². The number of phenolic OH excluding ortho intramolecular Hbond substituents is 1. The van der Waals surface area contributed by atoms with Gasteiger partial charge in [0.05, 0.1) is 11.8 Å². The minimum atomic E-state index is -0.925. The number of aromatic hydroxyl groups is 1. The first kappa shape index (κ1) is 10.5. The van der Waals surface area contributed by atoms with Gasteiger partial charge in [0, 0.05) is 5.69 Å². The van der Waals surface area contributed by atoms with E-state index < -0.39 is 17.8 Å². The Morgan fingerprint density at radius 3 is 2.31 bits per heavy atom. The molecule has 1 saturated carbocycles. The molecule has 0 aliphatic heterocycles. The minimum absolute atomic E-state index is 0.118. The van der Waals surface area contributed by atoms with Crippen molar-refractivity contribution in [2.75, 3.05) is 5.32 Å². The Bertz CT molecular complexity index is 426. The molecule has 0 unspecified atom stereocenters. The molecule has 84 valence electrons. The lowest BCUT2D eigenvalue weighted by molar-refractivity contribution is -0.139. The summed E-state index contributed by atoms with van der Waals surface area (Å²) in [6.45, 7) is 0. The predicted molar refractivity (Wildman–Crippen MR) is 56.0 cm³/mol. The number of carbonyl (C=O) groups is 2. The van der Waals surface area contributed by atoms with Gasteiger partial charge in [0.25, 0.3) is 0 Å². The number of phenols is 1. The molecule has 0 radical (unpaired) electrons. The van der Waals surface area contributed by atoms with E-state index in [9.17, 15) is 9.59 Å². The van der Waals surface area contributed by atoms with Gasteiger partial charge in [0.15, 0.2) is 0 Å². The van der Waals surface area contributed by atoms with Crippen LogP contribution in [0.4, 0.5) is 5.69 Å². The Kier molecular flexibility index (Phi) is 2.52. The summed E-state index contributed by atoms with van der Waals surface area (Å²) in [4.78, 5) is 22.1. The zero-order valence-corrected chi connectivity index (χ0v) is 8.38. The molecule has 16 heavy (non-hydrogen) atoms. The maximum absolute atomic E-state index is 11.5. The molecule has 0 aromatic heterocycles. The smallest absolute Gasteiger partial charge is 0.307 e. The Labute approximate surface area is 91.7 Å². The summed E-state index contributed by atoms with van der Waals surface area (Å²) >= 11 is 0.